The lowest BCUT2D eigenvalue weighted by molar-refractivity contribution is -0.00368. The van der Waals surface area contributed by atoms with Crippen molar-refractivity contribution in [3.63, 3.8) is 0 Å². The van der Waals surface area contributed by atoms with E-state index in [0.29, 0.717) is 6.42 Å². The Hall–Kier alpha value is -1.72. The second-order valence-electron chi connectivity index (χ2n) is 7.59. The van der Waals surface area contributed by atoms with E-state index in [0.717, 1.165) is 10.4 Å². The maximum absolute atomic E-state index is 10.4. The average molecular weight is 371 g/mol. The molecule has 2 atom stereocenters. The lowest BCUT2D eigenvalue weighted by Crippen LogP contribution is -2.68. The molecular weight excluding hydrogens is 340 g/mol. The fourth-order valence-electron chi connectivity index (χ4n) is 3.48. The van der Waals surface area contributed by atoms with Gasteiger partial charge in [0.1, 0.15) is 6.10 Å². The number of aliphatic hydroxyl groups excluding tert-OH is 2. The average Bonchev–Trinajstić information content (AvgIpc) is 2.65. The molecule has 1 unspecified atom stereocenters. The standard InChI is InChI=1S/C22H30O3Si/c1-5-12-21(20(24)17-23)25-26(22(2,3)4,18-13-8-6-9-14-18)19-15-10-7-11-16-19/h5-11,13-16,20-21,23-24H,1,12,17H2,2-4H3/t20-,21?/m1/s1. The minimum absolute atomic E-state index is 0.176. The van der Waals surface area contributed by atoms with Crippen LogP contribution in [0.25, 0.3) is 0 Å². The zero-order chi connectivity index (χ0) is 19.2. The van der Waals surface area contributed by atoms with Gasteiger partial charge in [0.05, 0.1) is 12.7 Å². The van der Waals surface area contributed by atoms with E-state index in [2.05, 4.69) is 51.6 Å². The fraction of sp³-hybridized carbons (Fsp3) is 0.364. The molecule has 2 rings (SSSR count). The molecule has 0 aromatic heterocycles. The van der Waals surface area contributed by atoms with Crippen LogP contribution in [0, 0.1) is 0 Å². The van der Waals surface area contributed by atoms with Gasteiger partial charge in [0.25, 0.3) is 8.32 Å². The first-order chi connectivity index (χ1) is 12.4. The number of hydrogen-bond acceptors (Lipinski definition) is 3. The predicted molar refractivity (Wildman–Crippen MR) is 110 cm³/mol. The molecule has 2 aromatic rings. The largest absolute Gasteiger partial charge is 0.401 e. The van der Waals surface area contributed by atoms with E-state index < -0.39 is 20.5 Å². The highest BCUT2D eigenvalue weighted by Crippen LogP contribution is 2.38. The third kappa shape index (κ3) is 4.15. The summed E-state index contributed by atoms with van der Waals surface area (Å²) in [5, 5.41) is 22.0. The Kier molecular flexibility index (Phi) is 6.95. The number of rotatable bonds is 8. The number of hydrogen-bond donors (Lipinski definition) is 2. The van der Waals surface area contributed by atoms with Crippen LogP contribution in [0.5, 0.6) is 0 Å². The summed E-state index contributed by atoms with van der Waals surface area (Å²) in [7, 11) is -2.75. The minimum atomic E-state index is -2.75. The van der Waals surface area contributed by atoms with Gasteiger partial charge in [-0.3, -0.25) is 0 Å². The quantitative estimate of drug-likeness (QED) is 0.555. The van der Waals surface area contributed by atoms with Crippen LogP contribution < -0.4 is 10.4 Å². The van der Waals surface area contributed by atoms with Gasteiger partial charge in [0.15, 0.2) is 0 Å². The maximum atomic E-state index is 10.4. The molecule has 140 valence electrons. The van der Waals surface area contributed by atoms with Gasteiger partial charge in [0, 0.05) is 0 Å². The zero-order valence-corrected chi connectivity index (χ0v) is 16.9. The second kappa shape index (κ2) is 8.78. The highest BCUT2D eigenvalue weighted by molar-refractivity contribution is 6.99. The van der Waals surface area contributed by atoms with Crippen molar-refractivity contribution in [3.05, 3.63) is 73.3 Å². The molecule has 0 heterocycles. The Morgan fingerprint density at radius 1 is 1.00 bits per heavy atom. The summed E-state index contributed by atoms with van der Waals surface area (Å²) < 4.78 is 6.83. The predicted octanol–water partition coefficient (Wildman–Crippen LogP) is 2.86. The zero-order valence-electron chi connectivity index (χ0n) is 15.9. The molecule has 0 aliphatic rings. The molecule has 0 fully saturated rings. The second-order valence-corrected chi connectivity index (χ2v) is 11.8. The Balaban J connectivity index is 2.69. The molecule has 0 bridgehead atoms. The van der Waals surface area contributed by atoms with Crippen molar-refractivity contribution < 1.29 is 14.6 Å². The first kappa shape index (κ1) is 20.6. The van der Waals surface area contributed by atoms with Gasteiger partial charge in [-0.15, -0.1) is 6.58 Å². The third-order valence-corrected chi connectivity index (χ3v) is 9.82. The van der Waals surface area contributed by atoms with Gasteiger partial charge in [-0.1, -0.05) is 87.5 Å². The lowest BCUT2D eigenvalue weighted by Gasteiger charge is -2.45. The van der Waals surface area contributed by atoms with E-state index in [1.807, 2.05) is 36.4 Å². The SMILES string of the molecule is C=CCC(O[Si](c1ccccc1)(c1ccccc1)C(C)(C)C)[C@H](O)CO. The van der Waals surface area contributed by atoms with Crippen molar-refractivity contribution in [2.45, 2.75) is 44.4 Å². The Morgan fingerprint density at radius 3 is 1.81 bits per heavy atom. The van der Waals surface area contributed by atoms with Crippen molar-refractivity contribution in [1.82, 2.24) is 0 Å². The first-order valence-corrected chi connectivity index (χ1v) is 11.0. The van der Waals surface area contributed by atoms with Crippen LogP contribution in [0.2, 0.25) is 5.04 Å². The monoisotopic (exact) mass is 370 g/mol. The highest BCUT2D eigenvalue weighted by atomic mass is 28.4. The van der Waals surface area contributed by atoms with Gasteiger partial charge in [0.2, 0.25) is 0 Å². The minimum Gasteiger partial charge on any atom is -0.401 e. The van der Waals surface area contributed by atoms with E-state index in [1.165, 1.54) is 0 Å². The summed E-state index contributed by atoms with van der Waals surface area (Å²) in [5.74, 6) is 0. The van der Waals surface area contributed by atoms with Crippen LogP contribution in [0.1, 0.15) is 27.2 Å². The molecule has 0 saturated carbocycles. The Labute approximate surface area is 158 Å². The summed E-state index contributed by atoms with van der Waals surface area (Å²) in [6.45, 7) is 10.0. The van der Waals surface area contributed by atoms with Gasteiger partial charge >= 0.3 is 0 Å². The van der Waals surface area contributed by atoms with Crippen molar-refractivity contribution in [3.8, 4) is 0 Å². The summed E-state index contributed by atoms with van der Waals surface area (Å²) in [6, 6.07) is 20.6. The van der Waals surface area contributed by atoms with E-state index in [-0.39, 0.29) is 11.6 Å². The van der Waals surface area contributed by atoms with Gasteiger partial charge in [-0.25, -0.2) is 0 Å². The normalized spacial score (nSPS) is 14.7. The van der Waals surface area contributed by atoms with Crippen LogP contribution in [-0.4, -0.2) is 37.3 Å². The van der Waals surface area contributed by atoms with Crippen molar-refractivity contribution in [1.29, 1.82) is 0 Å². The van der Waals surface area contributed by atoms with Crippen molar-refractivity contribution in [2.75, 3.05) is 6.61 Å². The maximum Gasteiger partial charge on any atom is 0.261 e. The molecule has 2 aromatic carbocycles. The lowest BCUT2D eigenvalue weighted by atomic mass is 10.1. The topological polar surface area (TPSA) is 49.7 Å². The third-order valence-electron chi connectivity index (χ3n) is 4.76. The summed E-state index contributed by atoms with van der Waals surface area (Å²) in [4.78, 5) is 0. The Morgan fingerprint density at radius 2 is 1.46 bits per heavy atom. The van der Waals surface area contributed by atoms with Crippen molar-refractivity contribution in [2.24, 2.45) is 0 Å². The molecule has 0 saturated heterocycles. The van der Waals surface area contributed by atoms with E-state index in [1.54, 1.807) is 6.08 Å². The summed E-state index contributed by atoms with van der Waals surface area (Å²) >= 11 is 0. The molecular formula is C22H30O3Si. The van der Waals surface area contributed by atoms with Crippen LogP contribution in [0.4, 0.5) is 0 Å². The molecule has 0 radical (unpaired) electrons. The number of aliphatic hydroxyl groups is 2. The molecule has 26 heavy (non-hydrogen) atoms. The van der Waals surface area contributed by atoms with Crippen LogP contribution in [-0.2, 0) is 4.43 Å². The molecule has 0 aliphatic heterocycles. The molecule has 2 N–H and O–H groups in total. The van der Waals surface area contributed by atoms with Gasteiger partial charge in [-0.2, -0.15) is 0 Å². The smallest absolute Gasteiger partial charge is 0.261 e. The molecule has 3 nitrogen and oxygen atoms in total. The van der Waals surface area contributed by atoms with E-state index in [4.69, 9.17) is 4.43 Å². The molecule has 4 heteroatoms. The van der Waals surface area contributed by atoms with E-state index in [9.17, 15) is 10.2 Å². The first-order valence-electron chi connectivity index (χ1n) is 9.05. The fourth-order valence-corrected chi connectivity index (χ4v) is 8.21. The molecule has 0 spiro atoms. The van der Waals surface area contributed by atoms with E-state index >= 15 is 0 Å². The van der Waals surface area contributed by atoms with Crippen LogP contribution in [0.3, 0.4) is 0 Å². The van der Waals surface area contributed by atoms with Crippen LogP contribution >= 0.6 is 0 Å². The van der Waals surface area contributed by atoms with Gasteiger partial charge in [-0.05, 0) is 21.8 Å². The summed E-state index contributed by atoms with van der Waals surface area (Å²) in [5.41, 5.74) is 0. The Bertz CT molecular complexity index is 640. The highest BCUT2D eigenvalue weighted by Gasteiger charge is 2.51. The van der Waals surface area contributed by atoms with Gasteiger partial charge < -0.3 is 14.6 Å². The molecule has 0 aliphatic carbocycles. The summed E-state index contributed by atoms with van der Waals surface area (Å²) in [6.07, 6.45) is 0.756. The van der Waals surface area contributed by atoms with Crippen LogP contribution in [0.15, 0.2) is 73.3 Å². The van der Waals surface area contributed by atoms with Crippen molar-refractivity contribution >= 4 is 18.7 Å². The number of benzene rings is 2. The molecule has 0 amide bonds.